The lowest BCUT2D eigenvalue weighted by atomic mass is 10.0. The summed E-state index contributed by atoms with van der Waals surface area (Å²) in [5.74, 6) is -3.44. The molecule has 2 rings (SSSR count). The maximum atomic E-state index is 14.9. The Hall–Kier alpha value is -0.730. The van der Waals surface area contributed by atoms with E-state index >= 15 is 0 Å². The zero-order valence-corrected chi connectivity index (χ0v) is 12.0. The summed E-state index contributed by atoms with van der Waals surface area (Å²) in [5.41, 5.74) is -0.415. The van der Waals surface area contributed by atoms with Crippen molar-refractivity contribution in [3.8, 4) is 0 Å². The molecule has 0 unspecified atom stereocenters. The van der Waals surface area contributed by atoms with Gasteiger partial charge in [0.25, 0.3) is 0 Å². The van der Waals surface area contributed by atoms with E-state index in [0.717, 1.165) is 13.1 Å². The third kappa shape index (κ3) is 2.36. The molecule has 104 valence electrons. The number of thiocarbonyl (C=S) groups is 1. The Balaban J connectivity index is 2.49. The Morgan fingerprint density at radius 1 is 1.37 bits per heavy atom. The van der Waals surface area contributed by atoms with Crippen molar-refractivity contribution in [1.29, 1.82) is 0 Å². The Morgan fingerprint density at radius 2 is 2.00 bits per heavy atom. The van der Waals surface area contributed by atoms with Crippen molar-refractivity contribution in [1.82, 2.24) is 4.90 Å². The zero-order valence-electron chi connectivity index (χ0n) is 9.59. The average Bonchev–Trinajstić information content (AvgIpc) is 2.35. The van der Waals surface area contributed by atoms with Gasteiger partial charge in [0.05, 0.1) is 0 Å². The monoisotopic (exact) mass is 357 g/mol. The van der Waals surface area contributed by atoms with Gasteiger partial charge in [-0.3, -0.25) is 0 Å². The quantitative estimate of drug-likeness (QED) is 0.433. The minimum Gasteiger partial charge on any atom is -0.324 e. The second-order valence-electron chi connectivity index (χ2n) is 4.05. The van der Waals surface area contributed by atoms with Crippen molar-refractivity contribution in [2.75, 3.05) is 13.7 Å². The highest BCUT2D eigenvalue weighted by Gasteiger charge is 2.54. The van der Waals surface area contributed by atoms with Crippen LogP contribution in [0.4, 0.5) is 17.6 Å². The Bertz CT molecular complexity index is 541. The van der Waals surface area contributed by atoms with E-state index in [4.69, 9.17) is 0 Å². The summed E-state index contributed by atoms with van der Waals surface area (Å²) in [6.45, 7) is -1.02. The number of benzene rings is 1. The molecule has 8 heteroatoms. The third-order valence-corrected chi connectivity index (χ3v) is 3.88. The van der Waals surface area contributed by atoms with Crippen molar-refractivity contribution in [2.24, 2.45) is 0 Å². The van der Waals surface area contributed by atoms with Crippen LogP contribution >= 0.6 is 28.1 Å². The zero-order chi connectivity index (χ0) is 14.4. The van der Waals surface area contributed by atoms with Crippen molar-refractivity contribution < 1.29 is 22.3 Å². The van der Waals surface area contributed by atoms with Crippen LogP contribution in [0.15, 0.2) is 22.7 Å². The highest BCUT2D eigenvalue weighted by Crippen LogP contribution is 2.41. The van der Waals surface area contributed by atoms with Crippen LogP contribution < -0.4 is 0 Å². The molecular weight excluding hydrogens is 350 g/mol. The summed E-state index contributed by atoms with van der Waals surface area (Å²) in [5, 5.41) is 0. The van der Waals surface area contributed by atoms with E-state index in [-0.39, 0.29) is 0 Å². The van der Waals surface area contributed by atoms with Crippen LogP contribution in [0.5, 0.6) is 0 Å². The fraction of sp³-hybridized carbons (Fsp3) is 0.364. The van der Waals surface area contributed by atoms with Crippen LogP contribution in [-0.2, 0) is 10.5 Å². The maximum absolute atomic E-state index is 14.9. The van der Waals surface area contributed by atoms with Crippen LogP contribution in [0.1, 0.15) is 5.56 Å². The summed E-state index contributed by atoms with van der Waals surface area (Å²) >= 11 is 7.54. The van der Waals surface area contributed by atoms with E-state index in [1.165, 1.54) is 12.1 Å². The first-order valence-electron chi connectivity index (χ1n) is 5.13. The van der Waals surface area contributed by atoms with Gasteiger partial charge >= 0.3 is 6.11 Å². The summed E-state index contributed by atoms with van der Waals surface area (Å²) < 4.78 is 59.5. The number of rotatable bonds is 1. The van der Waals surface area contributed by atoms with Gasteiger partial charge in [0.1, 0.15) is 12.4 Å². The van der Waals surface area contributed by atoms with Gasteiger partial charge in [-0.15, -0.1) is 0 Å². The van der Waals surface area contributed by atoms with Crippen LogP contribution in [0.25, 0.3) is 0 Å². The number of hydrogen-bond acceptors (Lipinski definition) is 2. The van der Waals surface area contributed by atoms with Crippen LogP contribution in [0, 0.1) is 5.82 Å². The first-order chi connectivity index (χ1) is 8.68. The largest absolute Gasteiger partial charge is 0.408 e. The number of likely N-dealkylation sites (N-methyl/N-ethyl adjacent to an activating group) is 1. The Morgan fingerprint density at radius 3 is 2.63 bits per heavy atom. The van der Waals surface area contributed by atoms with Crippen molar-refractivity contribution >= 4 is 33.1 Å². The van der Waals surface area contributed by atoms with Crippen LogP contribution in [0.3, 0.4) is 0 Å². The minimum absolute atomic E-state index is 0.414. The number of ether oxygens (including phenoxy) is 1. The molecule has 0 bridgehead atoms. The topological polar surface area (TPSA) is 12.5 Å². The lowest BCUT2D eigenvalue weighted by Crippen LogP contribution is -2.59. The average molecular weight is 358 g/mol. The summed E-state index contributed by atoms with van der Waals surface area (Å²) in [7, 11) is 1.04. The molecule has 2 nitrogen and oxygen atoms in total. The minimum atomic E-state index is -3.73. The summed E-state index contributed by atoms with van der Waals surface area (Å²) in [6.07, 6.45) is -3.73. The van der Waals surface area contributed by atoms with Crippen molar-refractivity contribution in [3.05, 3.63) is 34.1 Å². The fourth-order valence-corrected chi connectivity index (χ4v) is 2.32. The molecular formula is C11H8BrF4NOS. The normalized spacial score (nSPS) is 26.6. The molecule has 0 amide bonds. The van der Waals surface area contributed by atoms with E-state index in [1.54, 1.807) is 0 Å². The lowest BCUT2D eigenvalue weighted by Gasteiger charge is -2.43. The molecule has 0 radical (unpaired) electrons. The number of halogens is 5. The third-order valence-electron chi connectivity index (χ3n) is 2.87. The van der Waals surface area contributed by atoms with Gasteiger partial charge in [0.15, 0.2) is 4.99 Å². The second-order valence-corrected chi connectivity index (χ2v) is 5.36. The van der Waals surface area contributed by atoms with Crippen molar-refractivity contribution in [2.45, 2.75) is 11.9 Å². The highest BCUT2D eigenvalue weighted by atomic mass is 79.9. The van der Waals surface area contributed by atoms with E-state index in [2.05, 4.69) is 32.9 Å². The van der Waals surface area contributed by atoms with E-state index in [0.29, 0.717) is 9.37 Å². The van der Waals surface area contributed by atoms with E-state index in [1.807, 2.05) is 0 Å². The molecule has 0 saturated carbocycles. The molecule has 19 heavy (non-hydrogen) atoms. The molecule has 0 spiro atoms. The smallest absolute Gasteiger partial charge is 0.324 e. The first kappa shape index (κ1) is 14.7. The number of hydrogen-bond donors (Lipinski definition) is 0. The molecule has 1 aromatic rings. The summed E-state index contributed by atoms with van der Waals surface area (Å²) in [6, 6.07) is 3.57. The number of alkyl halides is 3. The van der Waals surface area contributed by atoms with Gasteiger partial charge in [-0.1, -0.05) is 28.1 Å². The molecule has 1 aliphatic heterocycles. The van der Waals surface area contributed by atoms with Gasteiger partial charge in [0.2, 0.25) is 5.79 Å². The number of nitrogens with zero attached hydrogens (tertiary/aromatic N) is 1. The number of morpholine rings is 1. The molecule has 1 aromatic carbocycles. The Kier molecular flexibility index (Phi) is 3.61. The highest BCUT2D eigenvalue weighted by molar-refractivity contribution is 9.10. The van der Waals surface area contributed by atoms with Gasteiger partial charge in [-0.05, 0) is 18.2 Å². The molecule has 1 atom stereocenters. The molecule has 1 aliphatic rings. The van der Waals surface area contributed by atoms with E-state index < -0.39 is 34.9 Å². The standard InChI is InChI=1S/C11H8BrF4NOS/c1-17-9(19)11(15,16)18-5-10(17,14)7-4-6(12)2-3-8(7)13/h2-4H,5H2,1H3/t10-/m1/s1. The fourth-order valence-electron chi connectivity index (χ4n) is 1.75. The predicted octanol–water partition coefficient (Wildman–Crippen LogP) is 3.59. The predicted molar refractivity (Wildman–Crippen MR) is 68.1 cm³/mol. The van der Waals surface area contributed by atoms with Crippen molar-refractivity contribution in [3.63, 3.8) is 0 Å². The van der Waals surface area contributed by atoms with Gasteiger partial charge in [-0.2, -0.15) is 8.78 Å². The van der Waals surface area contributed by atoms with Crippen LogP contribution in [-0.4, -0.2) is 29.7 Å². The lowest BCUT2D eigenvalue weighted by molar-refractivity contribution is -0.249. The van der Waals surface area contributed by atoms with Gasteiger partial charge in [-0.25, -0.2) is 8.78 Å². The van der Waals surface area contributed by atoms with Gasteiger partial charge in [0, 0.05) is 17.1 Å². The molecule has 1 fully saturated rings. The molecule has 1 heterocycles. The van der Waals surface area contributed by atoms with E-state index in [9.17, 15) is 17.6 Å². The van der Waals surface area contributed by atoms with Gasteiger partial charge < -0.3 is 9.64 Å². The molecule has 0 N–H and O–H groups in total. The molecule has 0 aliphatic carbocycles. The summed E-state index contributed by atoms with van der Waals surface area (Å²) in [4.78, 5) is -0.503. The molecule has 0 aromatic heterocycles. The Labute approximate surface area is 120 Å². The molecule has 1 saturated heterocycles. The van der Waals surface area contributed by atoms with Crippen LogP contribution in [0.2, 0.25) is 0 Å². The maximum Gasteiger partial charge on any atom is 0.408 e. The second kappa shape index (κ2) is 4.68. The SMILES string of the molecule is CN1C(=S)C(F)(F)OC[C@]1(F)c1cc(Br)ccc1F. The first-order valence-corrected chi connectivity index (χ1v) is 6.33.